The third kappa shape index (κ3) is 5.14. The van der Waals surface area contributed by atoms with Crippen molar-refractivity contribution in [1.29, 1.82) is 0 Å². The lowest BCUT2D eigenvalue weighted by Gasteiger charge is -2.07. The molecular weight excluding hydrogens is 376 g/mol. The van der Waals surface area contributed by atoms with Gasteiger partial charge in [0.1, 0.15) is 0 Å². The Balaban J connectivity index is 2.20. The molecule has 0 spiro atoms. The molecule has 0 bridgehead atoms. The molecule has 0 atom stereocenters. The van der Waals surface area contributed by atoms with Gasteiger partial charge in [-0.1, -0.05) is 24.3 Å². The van der Waals surface area contributed by atoms with E-state index in [2.05, 4.69) is 0 Å². The lowest BCUT2D eigenvalue weighted by Crippen LogP contribution is -2.08. The number of rotatable bonds is 9. The van der Waals surface area contributed by atoms with Crippen LogP contribution in [0.5, 0.6) is 0 Å². The summed E-state index contributed by atoms with van der Waals surface area (Å²) in [5.74, 6) is -0.216. The van der Waals surface area contributed by atoms with Crippen molar-refractivity contribution in [2.24, 2.45) is 0 Å². The summed E-state index contributed by atoms with van der Waals surface area (Å²) in [6.45, 7) is -0.351. The molecule has 2 aromatic rings. The molecule has 0 aliphatic heterocycles. The fraction of sp³-hybridized carbons (Fsp3) is 0.333. The van der Waals surface area contributed by atoms with Crippen LogP contribution in [-0.2, 0) is 19.7 Å². The van der Waals surface area contributed by atoms with E-state index in [1.807, 2.05) is 0 Å². The van der Waals surface area contributed by atoms with E-state index in [0.29, 0.717) is 0 Å². The average molecular weight is 399 g/mol. The van der Waals surface area contributed by atoms with E-state index in [4.69, 9.17) is 10.2 Å². The summed E-state index contributed by atoms with van der Waals surface area (Å²) in [6.07, 6.45) is 0.382. The Morgan fingerprint density at radius 2 is 0.885 bits per heavy atom. The minimum absolute atomic E-state index is 0.108. The average Bonchev–Trinajstić information content (AvgIpc) is 2.65. The molecule has 2 N–H and O–H groups in total. The molecule has 26 heavy (non-hydrogen) atoms. The molecule has 0 fully saturated rings. The lowest BCUT2D eigenvalue weighted by molar-refractivity contribution is 0.295. The first-order chi connectivity index (χ1) is 12.3. The molecule has 6 nitrogen and oxygen atoms in total. The zero-order valence-corrected chi connectivity index (χ0v) is 15.8. The molecule has 0 radical (unpaired) electrons. The van der Waals surface area contributed by atoms with Crippen LogP contribution in [0.15, 0.2) is 58.3 Å². The topological polar surface area (TPSA) is 109 Å². The monoisotopic (exact) mass is 398 g/mol. The minimum atomic E-state index is -3.42. The standard InChI is InChI=1S/C18H22O6S2/c19-11-1-13-25(21,22)17-7-3-15(4-8-17)16-5-9-18(10-6-16)26(23,24)14-2-12-20/h3-10,19-20H,1-2,11-14H2. The van der Waals surface area contributed by atoms with Crippen molar-refractivity contribution in [2.45, 2.75) is 22.6 Å². The van der Waals surface area contributed by atoms with Crippen LogP contribution >= 0.6 is 0 Å². The Hall–Kier alpha value is -1.74. The van der Waals surface area contributed by atoms with Crippen LogP contribution in [0.2, 0.25) is 0 Å². The summed E-state index contributed by atoms with van der Waals surface area (Å²) in [5.41, 5.74) is 1.54. The SMILES string of the molecule is O=S(=O)(CCCO)c1ccc(-c2ccc(S(=O)(=O)CCCO)cc2)cc1. The van der Waals surface area contributed by atoms with Crippen molar-refractivity contribution in [3.8, 4) is 11.1 Å². The van der Waals surface area contributed by atoms with Crippen molar-refractivity contribution in [3.63, 3.8) is 0 Å². The molecule has 0 aliphatic carbocycles. The van der Waals surface area contributed by atoms with Gasteiger partial charge in [0.05, 0.1) is 21.3 Å². The largest absolute Gasteiger partial charge is 0.396 e. The van der Waals surface area contributed by atoms with Gasteiger partial charge in [-0.25, -0.2) is 16.8 Å². The summed E-state index contributed by atoms with van der Waals surface area (Å²) in [6, 6.07) is 12.7. The van der Waals surface area contributed by atoms with E-state index < -0.39 is 19.7 Å². The first-order valence-electron chi connectivity index (χ1n) is 8.18. The highest BCUT2D eigenvalue weighted by Crippen LogP contribution is 2.24. The number of hydrogen-bond donors (Lipinski definition) is 2. The Morgan fingerprint density at radius 3 is 1.15 bits per heavy atom. The van der Waals surface area contributed by atoms with Crippen LogP contribution in [0, 0.1) is 0 Å². The highest BCUT2D eigenvalue weighted by molar-refractivity contribution is 7.91. The molecule has 8 heteroatoms. The summed E-state index contributed by atoms with van der Waals surface area (Å²) in [4.78, 5) is 0.385. The Bertz CT molecular complexity index is 835. The Morgan fingerprint density at radius 1 is 0.577 bits per heavy atom. The third-order valence-corrected chi connectivity index (χ3v) is 7.54. The van der Waals surface area contributed by atoms with Gasteiger partial charge in [0.15, 0.2) is 19.7 Å². The molecule has 0 saturated heterocycles. The number of hydrogen-bond acceptors (Lipinski definition) is 6. The van der Waals surface area contributed by atoms with Crippen molar-refractivity contribution in [3.05, 3.63) is 48.5 Å². The van der Waals surface area contributed by atoms with Gasteiger partial charge < -0.3 is 10.2 Å². The summed E-state index contributed by atoms with van der Waals surface area (Å²) < 4.78 is 48.3. The van der Waals surface area contributed by atoms with Crippen LogP contribution in [0.3, 0.4) is 0 Å². The molecule has 2 aromatic carbocycles. The van der Waals surface area contributed by atoms with Crippen molar-refractivity contribution < 1.29 is 27.0 Å². The summed E-state index contributed by atoms with van der Waals surface area (Å²) in [7, 11) is -6.83. The summed E-state index contributed by atoms with van der Waals surface area (Å²) in [5, 5.41) is 17.6. The molecule has 0 unspecified atom stereocenters. The van der Waals surface area contributed by atoms with Gasteiger partial charge >= 0.3 is 0 Å². The fourth-order valence-electron chi connectivity index (χ4n) is 2.45. The van der Waals surface area contributed by atoms with Gasteiger partial charge in [0, 0.05) is 13.2 Å². The Kier molecular flexibility index (Phi) is 6.94. The smallest absolute Gasteiger partial charge is 0.178 e. The molecule has 2 rings (SSSR count). The first kappa shape index (κ1) is 20.6. The van der Waals surface area contributed by atoms with Gasteiger partial charge in [-0.15, -0.1) is 0 Å². The highest BCUT2D eigenvalue weighted by Gasteiger charge is 2.15. The second-order valence-corrected chi connectivity index (χ2v) is 10.1. The predicted octanol–water partition coefficient (Wildman–Crippen LogP) is 1.67. The minimum Gasteiger partial charge on any atom is -0.396 e. The zero-order chi connectivity index (χ0) is 19.2. The second-order valence-electron chi connectivity index (χ2n) is 5.84. The van der Waals surface area contributed by atoms with Crippen LogP contribution in [-0.4, -0.2) is 51.8 Å². The van der Waals surface area contributed by atoms with Crippen LogP contribution < -0.4 is 0 Å². The lowest BCUT2D eigenvalue weighted by atomic mass is 10.1. The van der Waals surface area contributed by atoms with Gasteiger partial charge in [0.25, 0.3) is 0 Å². The van der Waals surface area contributed by atoms with Crippen LogP contribution in [0.25, 0.3) is 11.1 Å². The zero-order valence-electron chi connectivity index (χ0n) is 14.2. The number of aliphatic hydroxyl groups excluding tert-OH is 2. The van der Waals surface area contributed by atoms with E-state index in [1.165, 1.54) is 24.3 Å². The van der Waals surface area contributed by atoms with Crippen molar-refractivity contribution >= 4 is 19.7 Å². The maximum Gasteiger partial charge on any atom is 0.178 e. The molecule has 0 heterocycles. The molecule has 0 aliphatic rings. The van der Waals surface area contributed by atoms with E-state index in [-0.39, 0.29) is 47.4 Å². The second kappa shape index (κ2) is 8.77. The van der Waals surface area contributed by atoms with Crippen molar-refractivity contribution in [2.75, 3.05) is 24.7 Å². The quantitative estimate of drug-likeness (QED) is 0.665. The number of aliphatic hydroxyl groups is 2. The fourth-order valence-corrected chi connectivity index (χ4v) is 5.05. The number of benzene rings is 2. The molecule has 142 valence electrons. The van der Waals surface area contributed by atoms with E-state index in [1.54, 1.807) is 24.3 Å². The maximum atomic E-state index is 12.1. The molecule has 0 amide bonds. The van der Waals surface area contributed by atoms with Crippen molar-refractivity contribution in [1.82, 2.24) is 0 Å². The van der Waals surface area contributed by atoms with Gasteiger partial charge in [-0.3, -0.25) is 0 Å². The molecule has 0 aromatic heterocycles. The highest BCUT2D eigenvalue weighted by atomic mass is 32.2. The molecule has 0 saturated carbocycles. The van der Waals surface area contributed by atoms with Gasteiger partial charge in [0.2, 0.25) is 0 Å². The Labute approximate surface area is 154 Å². The summed E-state index contributed by atoms with van der Waals surface area (Å²) >= 11 is 0. The van der Waals surface area contributed by atoms with E-state index >= 15 is 0 Å². The van der Waals surface area contributed by atoms with Gasteiger partial charge in [-0.05, 0) is 48.2 Å². The van der Waals surface area contributed by atoms with Gasteiger partial charge in [-0.2, -0.15) is 0 Å². The van der Waals surface area contributed by atoms with E-state index in [0.717, 1.165) is 11.1 Å². The predicted molar refractivity (Wildman–Crippen MR) is 99.4 cm³/mol. The molecular formula is C18H22O6S2. The van der Waals surface area contributed by atoms with Crippen LogP contribution in [0.4, 0.5) is 0 Å². The first-order valence-corrected chi connectivity index (χ1v) is 11.5. The van der Waals surface area contributed by atoms with E-state index in [9.17, 15) is 16.8 Å². The normalized spacial score (nSPS) is 12.2. The number of sulfone groups is 2. The maximum absolute atomic E-state index is 12.1. The van der Waals surface area contributed by atoms with Crippen LogP contribution in [0.1, 0.15) is 12.8 Å². The third-order valence-electron chi connectivity index (χ3n) is 3.90.